The average Bonchev–Trinajstić information content (AvgIpc) is 3.15. The molecule has 2 aromatic rings. The summed E-state index contributed by atoms with van der Waals surface area (Å²) in [4.78, 5) is 38.7. The van der Waals surface area contributed by atoms with Gasteiger partial charge in [-0.25, -0.2) is 4.98 Å². The van der Waals surface area contributed by atoms with E-state index in [-0.39, 0.29) is 6.61 Å². The van der Waals surface area contributed by atoms with Crippen LogP contribution in [0.3, 0.4) is 0 Å². The van der Waals surface area contributed by atoms with Crippen molar-refractivity contribution < 1.29 is 33.3 Å². The van der Waals surface area contributed by atoms with Gasteiger partial charge in [0.25, 0.3) is 0 Å². The summed E-state index contributed by atoms with van der Waals surface area (Å²) < 4.78 is 23.5. The van der Waals surface area contributed by atoms with E-state index in [2.05, 4.69) is 4.98 Å². The number of ether oxygens (including phenoxy) is 4. The van der Waals surface area contributed by atoms with Gasteiger partial charge in [0.05, 0.1) is 17.4 Å². The lowest BCUT2D eigenvalue weighted by molar-refractivity contribution is -0.166. The molecule has 1 aliphatic rings. The van der Waals surface area contributed by atoms with Crippen molar-refractivity contribution in [2.75, 3.05) is 6.61 Å². The first-order chi connectivity index (χ1) is 12.9. The van der Waals surface area contributed by atoms with Crippen LogP contribution in [0.4, 0.5) is 0 Å². The zero-order valence-electron chi connectivity index (χ0n) is 15.2. The molecule has 27 heavy (non-hydrogen) atoms. The highest BCUT2D eigenvalue weighted by atomic mass is 16.7. The molecule has 1 aromatic carbocycles. The van der Waals surface area contributed by atoms with E-state index < -0.39 is 42.4 Å². The predicted molar refractivity (Wildman–Crippen MR) is 91.4 cm³/mol. The van der Waals surface area contributed by atoms with Gasteiger partial charge in [-0.1, -0.05) is 12.1 Å². The maximum Gasteiger partial charge on any atom is 0.303 e. The van der Waals surface area contributed by atoms with Crippen molar-refractivity contribution in [3.05, 3.63) is 30.6 Å². The fourth-order valence-electron chi connectivity index (χ4n) is 3.10. The Morgan fingerprint density at radius 3 is 2.37 bits per heavy atom. The zero-order valence-corrected chi connectivity index (χ0v) is 15.2. The summed E-state index contributed by atoms with van der Waals surface area (Å²) in [5, 5.41) is 0. The molecule has 0 radical (unpaired) electrons. The summed E-state index contributed by atoms with van der Waals surface area (Å²) in [6.07, 6.45) is -1.90. The standard InChI is InChI=1S/C18H20N2O7/c1-10(21)24-8-15-16(25-11(2)22)17(26-12(3)23)18(27-15)20-9-19-13-6-4-5-7-14(13)20/h4-7,9,15-18H,8H2,1-3H3/t15-,16-,17-,18-/m1/s1. The van der Waals surface area contributed by atoms with E-state index in [9.17, 15) is 14.4 Å². The van der Waals surface area contributed by atoms with Crippen LogP contribution in [-0.4, -0.2) is 52.4 Å². The van der Waals surface area contributed by atoms with Crippen LogP contribution in [0.1, 0.15) is 27.0 Å². The molecule has 2 heterocycles. The lowest BCUT2D eigenvalue weighted by atomic mass is 10.1. The molecule has 9 heteroatoms. The van der Waals surface area contributed by atoms with Crippen LogP contribution in [0.2, 0.25) is 0 Å². The third-order valence-electron chi connectivity index (χ3n) is 4.10. The van der Waals surface area contributed by atoms with E-state index in [4.69, 9.17) is 18.9 Å². The van der Waals surface area contributed by atoms with Gasteiger partial charge in [-0.05, 0) is 12.1 Å². The summed E-state index contributed by atoms with van der Waals surface area (Å²) in [5.41, 5.74) is 1.49. The number of rotatable bonds is 5. The highest BCUT2D eigenvalue weighted by Crippen LogP contribution is 2.36. The maximum atomic E-state index is 11.7. The normalized spacial score (nSPS) is 24.6. The quantitative estimate of drug-likeness (QED) is 0.569. The van der Waals surface area contributed by atoms with Gasteiger partial charge in [0, 0.05) is 20.8 Å². The Labute approximate surface area is 155 Å². The first-order valence-electron chi connectivity index (χ1n) is 8.41. The van der Waals surface area contributed by atoms with Crippen LogP contribution < -0.4 is 0 Å². The van der Waals surface area contributed by atoms with Gasteiger partial charge in [-0.2, -0.15) is 0 Å². The summed E-state index contributed by atoms with van der Waals surface area (Å²) in [6, 6.07) is 7.37. The molecule has 144 valence electrons. The van der Waals surface area contributed by atoms with E-state index in [1.807, 2.05) is 24.3 Å². The topological polar surface area (TPSA) is 106 Å². The molecule has 1 aromatic heterocycles. The number of carbonyl (C=O) groups is 3. The van der Waals surface area contributed by atoms with Crippen LogP contribution in [0.5, 0.6) is 0 Å². The van der Waals surface area contributed by atoms with Gasteiger partial charge in [0.15, 0.2) is 18.4 Å². The Morgan fingerprint density at radius 2 is 1.70 bits per heavy atom. The molecule has 3 rings (SSSR count). The van der Waals surface area contributed by atoms with Crippen molar-refractivity contribution in [2.45, 2.75) is 45.3 Å². The van der Waals surface area contributed by atoms with Gasteiger partial charge < -0.3 is 23.5 Å². The largest absolute Gasteiger partial charge is 0.463 e. The molecule has 4 atom stereocenters. The second-order valence-corrected chi connectivity index (χ2v) is 6.16. The summed E-state index contributed by atoms with van der Waals surface area (Å²) in [7, 11) is 0. The number of fused-ring (bicyclic) bond motifs is 1. The number of para-hydroxylation sites is 2. The molecule has 0 spiro atoms. The zero-order chi connectivity index (χ0) is 19.6. The minimum Gasteiger partial charge on any atom is -0.463 e. The monoisotopic (exact) mass is 376 g/mol. The van der Waals surface area contributed by atoms with Crippen LogP contribution in [-0.2, 0) is 33.3 Å². The lowest BCUT2D eigenvalue weighted by Crippen LogP contribution is -2.40. The number of hydrogen-bond donors (Lipinski definition) is 0. The Bertz CT molecular complexity index is 862. The predicted octanol–water partition coefficient (Wildman–Crippen LogP) is 1.36. The minimum absolute atomic E-state index is 0.145. The van der Waals surface area contributed by atoms with E-state index in [0.717, 1.165) is 11.0 Å². The SMILES string of the molecule is CC(=O)OC[C@H]1O[C@@H](n2cnc3ccccc32)[C@H](OC(C)=O)[C@@H]1OC(C)=O. The molecule has 0 amide bonds. The molecule has 0 unspecified atom stereocenters. The summed E-state index contributed by atoms with van der Waals surface area (Å²) in [6.45, 7) is 3.62. The number of esters is 3. The number of hydrogen-bond acceptors (Lipinski definition) is 8. The van der Waals surface area contributed by atoms with Crippen molar-refractivity contribution in [2.24, 2.45) is 0 Å². The number of imidazole rings is 1. The number of nitrogens with zero attached hydrogens (tertiary/aromatic N) is 2. The number of carbonyl (C=O) groups excluding carboxylic acids is 3. The molecule has 9 nitrogen and oxygen atoms in total. The Kier molecular flexibility index (Phi) is 5.41. The van der Waals surface area contributed by atoms with E-state index in [1.165, 1.54) is 20.8 Å². The van der Waals surface area contributed by atoms with Crippen LogP contribution in [0, 0.1) is 0 Å². The lowest BCUT2D eigenvalue weighted by Gasteiger charge is -2.23. The fraction of sp³-hybridized carbons (Fsp3) is 0.444. The molecule has 0 saturated carbocycles. The van der Waals surface area contributed by atoms with Gasteiger partial charge in [-0.3, -0.25) is 14.4 Å². The first kappa shape index (κ1) is 18.8. The second-order valence-electron chi connectivity index (χ2n) is 6.16. The number of aromatic nitrogens is 2. The summed E-state index contributed by atoms with van der Waals surface area (Å²) >= 11 is 0. The molecule has 0 aliphatic carbocycles. The maximum absolute atomic E-state index is 11.7. The molecular formula is C18H20N2O7. The third kappa shape index (κ3) is 4.08. The van der Waals surface area contributed by atoms with Crippen molar-refractivity contribution in [1.82, 2.24) is 9.55 Å². The van der Waals surface area contributed by atoms with Crippen molar-refractivity contribution in [3.8, 4) is 0 Å². The van der Waals surface area contributed by atoms with Gasteiger partial charge in [0.2, 0.25) is 0 Å². The molecule has 0 bridgehead atoms. The molecular weight excluding hydrogens is 356 g/mol. The highest BCUT2D eigenvalue weighted by Gasteiger charge is 2.50. The molecule has 0 N–H and O–H groups in total. The Morgan fingerprint density at radius 1 is 1.04 bits per heavy atom. The minimum atomic E-state index is -0.933. The molecule has 1 aliphatic heterocycles. The van der Waals surface area contributed by atoms with E-state index >= 15 is 0 Å². The smallest absolute Gasteiger partial charge is 0.303 e. The third-order valence-corrected chi connectivity index (χ3v) is 4.10. The Balaban J connectivity index is 1.98. The highest BCUT2D eigenvalue weighted by molar-refractivity contribution is 5.75. The molecule has 1 fully saturated rings. The van der Waals surface area contributed by atoms with E-state index in [1.54, 1.807) is 10.9 Å². The van der Waals surface area contributed by atoms with E-state index in [0.29, 0.717) is 0 Å². The average molecular weight is 376 g/mol. The van der Waals surface area contributed by atoms with Crippen LogP contribution in [0.25, 0.3) is 11.0 Å². The van der Waals surface area contributed by atoms with Crippen molar-refractivity contribution >= 4 is 28.9 Å². The summed E-state index contributed by atoms with van der Waals surface area (Å²) in [5.74, 6) is -1.62. The number of benzene rings is 1. The van der Waals surface area contributed by atoms with Crippen LogP contribution >= 0.6 is 0 Å². The van der Waals surface area contributed by atoms with Crippen molar-refractivity contribution in [3.63, 3.8) is 0 Å². The van der Waals surface area contributed by atoms with Gasteiger partial charge in [0.1, 0.15) is 12.7 Å². The Hall–Kier alpha value is -2.94. The van der Waals surface area contributed by atoms with Gasteiger partial charge >= 0.3 is 17.9 Å². The van der Waals surface area contributed by atoms with Crippen LogP contribution in [0.15, 0.2) is 30.6 Å². The first-order valence-corrected chi connectivity index (χ1v) is 8.41. The van der Waals surface area contributed by atoms with Crippen molar-refractivity contribution in [1.29, 1.82) is 0 Å². The second kappa shape index (κ2) is 7.75. The fourth-order valence-corrected chi connectivity index (χ4v) is 3.10. The van der Waals surface area contributed by atoms with Gasteiger partial charge in [-0.15, -0.1) is 0 Å². The molecule has 1 saturated heterocycles.